The van der Waals surface area contributed by atoms with Crippen LogP contribution in [0.25, 0.3) is 0 Å². The number of rotatable bonds is 4. The van der Waals surface area contributed by atoms with E-state index >= 15 is 0 Å². The normalized spacial score (nSPS) is 18.3. The lowest BCUT2D eigenvalue weighted by Crippen LogP contribution is -2.43. The van der Waals surface area contributed by atoms with E-state index in [1.165, 1.54) is 0 Å². The maximum Gasteiger partial charge on any atom is 0.321 e. The van der Waals surface area contributed by atoms with Gasteiger partial charge in [-0.3, -0.25) is 4.79 Å². The molecule has 0 aromatic heterocycles. The van der Waals surface area contributed by atoms with Crippen LogP contribution in [0.15, 0.2) is 24.3 Å². The number of anilines is 1. The van der Waals surface area contributed by atoms with E-state index in [9.17, 15) is 9.59 Å². The number of urea groups is 1. The molecule has 1 atom stereocenters. The number of nitrogens with zero attached hydrogens (tertiary/aromatic N) is 1. The Bertz CT molecular complexity index is 504. The molecule has 1 aromatic carbocycles. The smallest absolute Gasteiger partial charge is 0.321 e. The Morgan fingerprint density at radius 1 is 1.38 bits per heavy atom. The molecule has 2 rings (SSSR count). The first-order chi connectivity index (χ1) is 10.1. The van der Waals surface area contributed by atoms with Crippen LogP contribution < -0.4 is 5.32 Å². The Morgan fingerprint density at radius 3 is 2.71 bits per heavy atom. The summed E-state index contributed by atoms with van der Waals surface area (Å²) in [7, 11) is 0. The van der Waals surface area contributed by atoms with Gasteiger partial charge in [0.2, 0.25) is 0 Å². The van der Waals surface area contributed by atoms with Crippen LogP contribution >= 0.6 is 11.8 Å². The molecule has 1 heterocycles. The zero-order chi connectivity index (χ0) is 15.2. The van der Waals surface area contributed by atoms with Crippen LogP contribution in [0.5, 0.6) is 0 Å². The standard InChI is InChI=1S/C15H20N2O3S/c1-2-13-10-17(7-8-21-13)15(20)16-12-5-3-11(4-6-12)9-14(18)19/h3-6,13H,2,7-10H2,1H3,(H,16,20)(H,18,19). The van der Waals surface area contributed by atoms with Gasteiger partial charge in [-0.15, -0.1) is 0 Å². The van der Waals surface area contributed by atoms with E-state index in [0.29, 0.717) is 10.9 Å². The summed E-state index contributed by atoms with van der Waals surface area (Å²) in [5.74, 6) is 0.118. The van der Waals surface area contributed by atoms with Gasteiger partial charge in [0.25, 0.3) is 0 Å². The summed E-state index contributed by atoms with van der Waals surface area (Å²) >= 11 is 1.92. The van der Waals surface area contributed by atoms with E-state index in [2.05, 4.69) is 12.2 Å². The highest BCUT2D eigenvalue weighted by atomic mass is 32.2. The molecule has 1 aromatic rings. The molecule has 0 radical (unpaired) electrons. The summed E-state index contributed by atoms with van der Waals surface area (Å²) in [4.78, 5) is 24.7. The number of hydrogen-bond acceptors (Lipinski definition) is 3. The summed E-state index contributed by atoms with van der Waals surface area (Å²) in [6.45, 7) is 3.69. The molecule has 5 nitrogen and oxygen atoms in total. The van der Waals surface area contributed by atoms with E-state index < -0.39 is 5.97 Å². The molecule has 2 N–H and O–H groups in total. The highest BCUT2D eigenvalue weighted by Crippen LogP contribution is 2.21. The molecule has 1 unspecified atom stereocenters. The number of hydrogen-bond donors (Lipinski definition) is 2. The van der Waals surface area contributed by atoms with Gasteiger partial charge in [-0.25, -0.2) is 4.79 Å². The molecule has 0 saturated carbocycles. The Kier molecular flexibility index (Phi) is 5.50. The van der Waals surface area contributed by atoms with Crippen molar-refractivity contribution in [3.05, 3.63) is 29.8 Å². The number of thioether (sulfide) groups is 1. The topological polar surface area (TPSA) is 69.6 Å². The molecule has 114 valence electrons. The van der Waals surface area contributed by atoms with Crippen molar-refractivity contribution < 1.29 is 14.7 Å². The fourth-order valence-corrected chi connectivity index (χ4v) is 3.41. The molecule has 1 fully saturated rings. The lowest BCUT2D eigenvalue weighted by molar-refractivity contribution is -0.136. The third-order valence-corrected chi connectivity index (χ3v) is 4.81. The zero-order valence-electron chi connectivity index (χ0n) is 12.0. The van der Waals surface area contributed by atoms with Gasteiger partial charge in [-0.05, 0) is 24.1 Å². The van der Waals surface area contributed by atoms with Crippen molar-refractivity contribution in [3.63, 3.8) is 0 Å². The third-order valence-electron chi connectivity index (χ3n) is 3.44. The largest absolute Gasteiger partial charge is 0.481 e. The van der Waals surface area contributed by atoms with E-state index in [1.54, 1.807) is 24.3 Å². The second kappa shape index (κ2) is 7.36. The van der Waals surface area contributed by atoms with Gasteiger partial charge in [0, 0.05) is 29.8 Å². The maximum atomic E-state index is 12.2. The molecule has 21 heavy (non-hydrogen) atoms. The number of aliphatic carboxylic acids is 1. The molecule has 6 heteroatoms. The molecule has 1 saturated heterocycles. The van der Waals surface area contributed by atoms with Crippen molar-refractivity contribution >= 4 is 29.4 Å². The van der Waals surface area contributed by atoms with E-state index in [0.717, 1.165) is 30.8 Å². The fraction of sp³-hybridized carbons (Fsp3) is 0.467. The highest BCUT2D eigenvalue weighted by molar-refractivity contribution is 8.00. The average molecular weight is 308 g/mol. The Labute approximate surface area is 128 Å². The minimum atomic E-state index is -0.858. The predicted molar refractivity (Wildman–Crippen MR) is 84.9 cm³/mol. The number of carboxylic acid groups (broad SMARTS) is 1. The van der Waals surface area contributed by atoms with Crippen LogP contribution in [-0.2, 0) is 11.2 Å². The van der Waals surface area contributed by atoms with Gasteiger partial charge >= 0.3 is 12.0 Å². The molecule has 1 aliphatic rings. The number of carbonyl (C=O) groups excluding carboxylic acids is 1. The van der Waals surface area contributed by atoms with Gasteiger partial charge in [0.15, 0.2) is 0 Å². The first-order valence-corrected chi connectivity index (χ1v) is 8.11. The monoisotopic (exact) mass is 308 g/mol. The molecule has 2 amide bonds. The van der Waals surface area contributed by atoms with Crippen molar-refractivity contribution in [2.45, 2.75) is 25.0 Å². The number of carboxylic acids is 1. The average Bonchev–Trinajstić information content (AvgIpc) is 2.49. The zero-order valence-corrected chi connectivity index (χ0v) is 12.9. The van der Waals surface area contributed by atoms with Gasteiger partial charge in [0.05, 0.1) is 6.42 Å². The summed E-state index contributed by atoms with van der Waals surface area (Å²) in [6.07, 6.45) is 1.06. The summed E-state index contributed by atoms with van der Waals surface area (Å²) < 4.78 is 0. The minimum absolute atomic E-state index is 0.00421. The first-order valence-electron chi connectivity index (χ1n) is 7.06. The van der Waals surface area contributed by atoms with Crippen molar-refractivity contribution in [3.8, 4) is 0 Å². The number of benzene rings is 1. The van der Waals surface area contributed by atoms with Crippen molar-refractivity contribution in [2.24, 2.45) is 0 Å². The SMILES string of the molecule is CCC1CN(C(=O)Nc2ccc(CC(=O)O)cc2)CCS1. The second-order valence-corrected chi connectivity index (χ2v) is 6.45. The maximum absolute atomic E-state index is 12.2. The van der Waals surface area contributed by atoms with E-state index in [4.69, 9.17) is 5.11 Å². The van der Waals surface area contributed by atoms with Crippen LogP contribution in [0, 0.1) is 0 Å². The molecule has 0 bridgehead atoms. The van der Waals surface area contributed by atoms with Crippen LogP contribution in [0.4, 0.5) is 10.5 Å². The van der Waals surface area contributed by atoms with Gasteiger partial charge in [-0.1, -0.05) is 19.1 Å². The Balaban J connectivity index is 1.91. The molecule has 0 spiro atoms. The molecule has 0 aliphatic carbocycles. The van der Waals surface area contributed by atoms with Gasteiger partial charge in [-0.2, -0.15) is 11.8 Å². The number of nitrogens with one attached hydrogen (secondary N) is 1. The molecular weight excluding hydrogens is 288 g/mol. The highest BCUT2D eigenvalue weighted by Gasteiger charge is 2.22. The lowest BCUT2D eigenvalue weighted by atomic mass is 10.1. The van der Waals surface area contributed by atoms with E-state index in [1.807, 2.05) is 16.7 Å². The van der Waals surface area contributed by atoms with Crippen molar-refractivity contribution in [2.75, 3.05) is 24.2 Å². The fourth-order valence-electron chi connectivity index (χ4n) is 2.23. The van der Waals surface area contributed by atoms with Crippen LogP contribution in [-0.4, -0.2) is 46.1 Å². The van der Waals surface area contributed by atoms with Crippen LogP contribution in [0.3, 0.4) is 0 Å². The molecule has 1 aliphatic heterocycles. The van der Waals surface area contributed by atoms with E-state index in [-0.39, 0.29) is 12.5 Å². The predicted octanol–water partition coefficient (Wildman–Crippen LogP) is 2.67. The minimum Gasteiger partial charge on any atom is -0.481 e. The third kappa shape index (κ3) is 4.67. The van der Waals surface area contributed by atoms with Crippen molar-refractivity contribution in [1.82, 2.24) is 4.90 Å². The Hall–Kier alpha value is -1.69. The Morgan fingerprint density at radius 2 is 2.10 bits per heavy atom. The quantitative estimate of drug-likeness (QED) is 0.897. The van der Waals surface area contributed by atoms with Gasteiger partial charge in [0.1, 0.15) is 0 Å². The summed E-state index contributed by atoms with van der Waals surface area (Å²) in [5.41, 5.74) is 1.42. The van der Waals surface area contributed by atoms with Crippen molar-refractivity contribution in [1.29, 1.82) is 0 Å². The number of amides is 2. The second-order valence-electron chi connectivity index (χ2n) is 5.04. The molecular formula is C15H20N2O3S. The first kappa shape index (κ1) is 15.7. The van der Waals surface area contributed by atoms with Gasteiger partial charge < -0.3 is 15.3 Å². The van der Waals surface area contributed by atoms with Crippen LogP contribution in [0.1, 0.15) is 18.9 Å². The summed E-state index contributed by atoms with van der Waals surface area (Å²) in [5, 5.41) is 12.1. The summed E-state index contributed by atoms with van der Waals surface area (Å²) in [6, 6.07) is 6.85. The number of carbonyl (C=O) groups is 2. The lowest BCUT2D eigenvalue weighted by Gasteiger charge is -2.31. The van der Waals surface area contributed by atoms with Crippen LogP contribution in [0.2, 0.25) is 0 Å².